The zero-order valence-electron chi connectivity index (χ0n) is 18.4. The van der Waals surface area contributed by atoms with Gasteiger partial charge in [-0.3, -0.25) is 4.79 Å². The first-order chi connectivity index (χ1) is 15.4. The van der Waals surface area contributed by atoms with E-state index in [2.05, 4.69) is 27.2 Å². The van der Waals surface area contributed by atoms with Gasteiger partial charge >= 0.3 is 12.1 Å². The summed E-state index contributed by atoms with van der Waals surface area (Å²) in [6, 6.07) is 3.58. The van der Waals surface area contributed by atoms with Crippen LogP contribution < -0.4 is 10.1 Å². The highest BCUT2D eigenvalue weighted by molar-refractivity contribution is 5.70. The molecule has 0 aromatic carbocycles. The first-order valence-corrected chi connectivity index (χ1v) is 10.7. The second-order valence-corrected chi connectivity index (χ2v) is 7.81. The lowest BCUT2D eigenvalue weighted by atomic mass is 9.87. The molecule has 172 valence electrons. The molecule has 0 spiro atoms. The quantitative estimate of drug-likeness (QED) is 0.447. The van der Waals surface area contributed by atoms with Crippen LogP contribution in [0.3, 0.4) is 0 Å². The Morgan fingerprint density at radius 3 is 2.91 bits per heavy atom. The molecule has 32 heavy (non-hydrogen) atoms. The lowest BCUT2D eigenvalue weighted by Gasteiger charge is -2.27. The summed E-state index contributed by atoms with van der Waals surface area (Å²) in [7, 11) is 1.72. The SMILES string of the molecule is C=CCCNC(=O)OCc1c(-c2ccc(O[C@H]3CCC[C@H](C(=O)O)C3)c(C)n2)nnn1C. The van der Waals surface area contributed by atoms with Crippen molar-refractivity contribution >= 4 is 12.1 Å². The molecule has 10 heteroatoms. The number of hydrogen-bond acceptors (Lipinski definition) is 7. The van der Waals surface area contributed by atoms with E-state index in [1.165, 1.54) is 0 Å². The second kappa shape index (κ2) is 10.7. The molecule has 1 aliphatic carbocycles. The summed E-state index contributed by atoms with van der Waals surface area (Å²) >= 11 is 0. The van der Waals surface area contributed by atoms with E-state index in [-0.39, 0.29) is 18.6 Å². The molecule has 0 aliphatic heterocycles. The topological polar surface area (TPSA) is 128 Å². The fraction of sp³-hybridized carbons (Fsp3) is 0.500. The van der Waals surface area contributed by atoms with E-state index < -0.39 is 12.1 Å². The Bertz CT molecular complexity index is 974. The molecule has 2 aromatic rings. The molecule has 3 rings (SSSR count). The molecule has 0 radical (unpaired) electrons. The highest BCUT2D eigenvalue weighted by Gasteiger charge is 2.28. The number of rotatable bonds is 9. The molecule has 10 nitrogen and oxygen atoms in total. The summed E-state index contributed by atoms with van der Waals surface area (Å²) < 4.78 is 12.9. The van der Waals surface area contributed by atoms with Gasteiger partial charge in [-0.25, -0.2) is 14.5 Å². The Morgan fingerprint density at radius 2 is 2.19 bits per heavy atom. The number of pyridine rings is 1. The number of carbonyl (C=O) groups is 2. The zero-order chi connectivity index (χ0) is 23.1. The van der Waals surface area contributed by atoms with Crippen LogP contribution in [0.5, 0.6) is 5.75 Å². The number of aromatic nitrogens is 4. The van der Waals surface area contributed by atoms with E-state index in [4.69, 9.17) is 9.47 Å². The number of carboxylic acid groups (broad SMARTS) is 1. The standard InChI is InChI=1S/C22H29N5O5/c1-4-5-11-23-22(30)31-13-18-20(25-26-27(18)3)17-9-10-19(14(2)24-17)32-16-8-6-7-15(12-16)21(28)29/h4,9-10,15-16H,1,5-8,11-13H2,2-3H3,(H,23,30)(H,28,29)/t15-,16-/m0/s1. The van der Waals surface area contributed by atoms with Crippen molar-refractivity contribution in [2.45, 2.75) is 51.7 Å². The van der Waals surface area contributed by atoms with Gasteiger partial charge in [-0.15, -0.1) is 11.7 Å². The summed E-state index contributed by atoms with van der Waals surface area (Å²) in [5.74, 6) is -0.513. The predicted octanol–water partition coefficient (Wildman–Crippen LogP) is 3.01. The normalized spacial score (nSPS) is 18.1. The van der Waals surface area contributed by atoms with Crippen LogP contribution in [0.25, 0.3) is 11.4 Å². The fourth-order valence-electron chi connectivity index (χ4n) is 3.66. The predicted molar refractivity (Wildman–Crippen MR) is 116 cm³/mol. The van der Waals surface area contributed by atoms with E-state index in [0.29, 0.717) is 54.3 Å². The van der Waals surface area contributed by atoms with Crippen LogP contribution in [-0.4, -0.2) is 49.8 Å². The Hall–Kier alpha value is -3.43. The number of amides is 1. The molecular formula is C22H29N5O5. The van der Waals surface area contributed by atoms with Gasteiger partial charge < -0.3 is 19.9 Å². The molecule has 2 N–H and O–H groups in total. The van der Waals surface area contributed by atoms with Crippen LogP contribution in [0.1, 0.15) is 43.5 Å². The molecule has 1 aliphatic rings. The largest absolute Gasteiger partial charge is 0.489 e. The Balaban J connectivity index is 1.67. The van der Waals surface area contributed by atoms with Crippen LogP contribution in [0.15, 0.2) is 24.8 Å². The smallest absolute Gasteiger partial charge is 0.407 e. The monoisotopic (exact) mass is 443 g/mol. The van der Waals surface area contributed by atoms with Crippen molar-refractivity contribution in [1.29, 1.82) is 0 Å². The average molecular weight is 444 g/mol. The van der Waals surface area contributed by atoms with E-state index >= 15 is 0 Å². The van der Waals surface area contributed by atoms with E-state index in [1.807, 2.05) is 13.0 Å². The summed E-state index contributed by atoms with van der Waals surface area (Å²) in [6.07, 6.45) is 4.54. The number of ether oxygens (including phenoxy) is 2. The summed E-state index contributed by atoms with van der Waals surface area (Å²) in [4.78, 5) is 27.7. The average Bonchev–Trinajstić information content (AvgIpc) is 3.14. The first kappa shape index (κ1) is 23.2. The van der Waals surface area contributed by atoms with Crippen molar-refractivity contribution in [1.82, 2.24) is 25.3 Å². The molecule has 2 heterocycles. The minimum absolute atomic E-state index is 0.00359. The minimum atomic E-state index is -0.768. The number of aryl methyl sites for hydroxylation is 2. The van der Waals surface area contributed by atoms with Crippen LogP contribution in [0, 0.1) is 12.8 Å². The molecule has 0 unspecified atom stereocenters. The maximum Gasteiger partial charge on any atom is 0.407 e. The van der Waals surface area contributed by atoms with E-state index in [9.17, 15) is 14.7 Å². The number of aliphatic carboxylic acids is 1. The van der Waals surface area contributed by atoms with Crippen molar-refractivity contribution in [2.75, 3.05) is 6.54 Å². The van der Waals surface area contributed by atoms with Gasteiger partial charge in [0.15, 0.2) is 0 Å². The number of alkyl carbamates (subject to hydrolysis) is 1. The van der Waals surface area contributed by atoms with Crippen LogP contribution >= 0.6 is 0 Å². The van der Waals surface area contributed by atoms with Crippen molar-refractivity contribution in [2.24, 2.45) is 13.0 Å². The molecule has 1 fully saturated rings. The third kappa shape index (κ3) is 5.83. The first-order valence-electron chi connectivity index (χ1n) is 10.7. The van der Waals surface area contributed by atoms with Crippen molar-refractivity contribution in [3.05, 3.63) is 36.2 Å². The Labute approximate surface area is 186 Å². The van der Waals surface area contributed by atoms with Gasteiger partial charge in [-0.05, 0) is 51.2 Å². The highest BCUT2D eigenvalue weighted by Crippen LogP contribution is 2.30. The Morgan fingerprint density at radius 1 is 1.38 bits per heavy atom. The molecular weight excluding hydrogens is 414 g/mol. The number of nitrogens with one attached hydrogen (secondary N) is 1. The summed E-state index contributed by atoms with van der Waals surface area (Å²) in [5, 5.41) is 20.1. The molecule has 0 saturated heterocycles. The maximum atomic E-state index is 11.8. The molecule has 1 saturated carbocycles. The molecule has 2 aromatic heterocycles. The Kier molecular flexibility index (Phi) is 7.80. The number of hydrogen-bond donors (Lipinski definition) is 2. The van der Waals surface area contributed by atoms with Crippen molar-refractivity contribution < 1.29 is 24.2 Å². The maximum absolute atomic E-state index is 11.8. The molecule has 2 atom stereocenters. The third-order valence-corrected chi connectivity index (χ3v) is 5.45. The van der Waals surface area contributed by atoms with Gasteiger partial charge in [0.05, 0.1) is 23.4 Å². The van der Waals surface area contributed by atoms with Gasteiger partial charge in [-0.2, -0.15) is 0 Å². The fourth-order valence-corrected chi connectivity index (χ4v) is 3.66. The van der Waals surface area contributed by atoms with Gasteiger partial charge in [0.25, 0.3) is 0 Å². The van der Waals surface area contributed by atoms with Gasteiger partial charge in [-0.1, -0.05) is 11.3 Å². The lowest BCUT2D eigenvalue weighted by Crippen LogP contribution is -2.29. The van der Waals surface area contributed by atoms with Crippen LogP contribution in [-0.2, 0) is 23.2 Å². The zero-order valence-corrected chi connectivity index (χ0v) is 18.4. The van der Waals surface area contributed by atoms with Crippen LogP contribution in [0.2, 0.25) is 0 Å². The highest BCUT2D eigenvalue weighted by atomic mass is 16.5. The van der Waals surface area contributed by atoms with Crippen molar-refractivity contribution in [3.63, 3.8) is 0 Å². The molecule has 0 bridgehead atoms. The van der Waals surface area contributed by atoms with Gasteiger partial charge in [0.1, 0.15) is 23.7 Å². The van der Waals surface area contributed by atoms with Crippen molar-refractivity contribution in [3.8, 4) is 17.1 Å². The summed E-state index contributed by atoms with van der Waals surface area (Å²) in [6.45, 7) is 5.88. The number of carboxylic acids is 1. The van der Waals surface area contributed by atoms with Crippen LogP contribution in [0.4, 0.5) is 4.79 Å². The van der Waals surface area contributed by atoms with Gasteiger partial charge in [0, 0.05) is 13.6 Å². The third-order valence-electron chi connectivity index (χ3n) is 5.45. The number of carbonyl (C=O) groups excluding carboxylic acids is 1. The minimum Gasteiger partial charge on any atom is -0.489 e. The summed E-state index contributed by atoms with van der Waals surface area (Å²) in [5.41, 5.74) is 2.38. The second-order valence-electron chi connectivity index (χ2n) is 7.81. The number of nitrogens with zero attached hydrogens (tertiary/aromatic N) is 4. The van der Waals surface area contributed by atoms with Gasteiger partial charge in [0.2, 0.25) is 0 Å². The lowest BCUT2D eigenvalue weighted by molar-refractivity contribution is -0.143. The van der Waals surface area contributed by atoms with E-state index in [1.54, 1.807) is 23.9 Å². The van der Waals surface area contributed by atoms with E-state index in [0.717, 1.165) is 12.8 Å². The molecule has 1 amide bonds.